The molecular weight excluding hydrogens is 384 g/mol. The topological polar surface area (TPSA) is 82.3 Å². The van der Waals surface area contributed by atoms with Crippen LogP contribution in [0, 0.1) is 0 Å². The average molecular weight is 396 g/mol. The van der Waals surface area contributed by atoms with Gasteiger partial charge in [-0.2, -0.15) is 4.98 Å². The quantitative estimate of drug-likeness (QED) is 0.721. The minimum atomic E-state index is -3.92. The minimum absolute atomic E-state index is 0.0166. The van der Waals surface area contributed by atoms with Gasteiger partial charge in [-0.05, 0) is 18.2 Å². The first-order valence-corrected chi connectivity index (χ1v) is 9.07. The predicted molar refractivity (Wildman–Crippen MR) is 79.9 cm³/mol. The molecule has 1 aromatic carbocycles. The van der Waals surface area contributed by atoms with Crippen LogP contribution in [0.15, 0.2) is 32.1 Å². The molecule has 2 aromatic rings. The fourth-order valence-electron chi connectivity index (χ4n) is 1.49. The van der Waals surface area contributed by atoms with Gasteiger partial charge >= 0.3 is 0 Å². The van der Waals surface area contributed by atoms with E-state index in [2.05, 4.69) is 26.1 Å². The Kier molecular flexibility index (Phi) is 4.90. The maximum absolute atomic E-state index is 11.5. The number of rotatable bonds is 5. The van der Waals surface area contributed by atoms with Gasteiger partial charge in [0.1, 0.15) is 10.6 Å². The van der Waals surface area contributed by atoms with E-state index in [1.807, 2.05) is 13.8 Å². The van der Waals surface area contributed by atoms with Crippen LogP contribution in [0.4, 0.5) is 0 Å². The van der Waals surface area contributed by atoms with Gasteiger partial charge in [-0.3, -0.25) is 0 Å². The van der Waals surface area contributed by atoms with E-state index in [1.54, 1.807) is 6.07 Å². The fourth-order valence-corrected chi connectivity index (χ4v) is 3.00. The number of benzene rings is 1. The molecule has 0 saturated heterocycles. The molecule has 0 aliphatic carbocycles. The van der Waals surface area contributed by atoms with E-state index in [9.17, 15) is 8.42 Å². The van der Waals surface area contributed by atoms with Crippen LogP contribution in [0.1, 0.15) is 31.5 Å². The van der Waals surface area contributed by atoms with Crippen molar-refractivity contribution >= 4 is 35.7 Å². The van der Waals surface area contributed by atoms with E-state index in [4.69, 9.17) is 19.9 Å². The van der Waals surface area contributed by atoms with Gasteiger partial charge in [0.25, 0.3) is 9.05 Å². The Labute approximate surface area is 135 Å². The van der Waals surface area contributed by atoms with Crippen LogP contribution in [0.5, 0.6) is 5.75 Å². The molecule has 0 aliphatic heterocycles. The van der Waals surface area contributed by atoms with Crippen molar-refractivity contribution in [3.8, 4) is 5.75 Å². The lowest BCUT2D eigenvalue weighted by atomic mass is 10.2. The summed E-state index contributed by atoms with van der Waals surface area (Å²) in [4.78, 5) is 4.02. The van der Waals surface area contributed by atoms with Gasteiger partial charge in [0.15, 0.2) is 6.61 Å². The molecule has 0 aliphatic rings. The first-order valence-electron chi connectivity index (χ1n) is 5.97. The Bertz CT molecular complexity index is 745. The molecule has 0 spiro atoms. The lowest BCUT2D eigenvalue weighted by molar-refractivity contribution is 0.278. The highest BCUT2D eigenvalue weighted by Gasteiger charge is 2.18. The second-order valence-corrected chi connectivity index (χ2v) is 7.97. The monoisotopic (exact) mass is 394 g/mol. The van der Waals surface area contributed by atoms with Crippen LogP contribution < -0.4 is 4.74 Å². The molecule has 1 heterocycles. The largest absolute Gasteiger partial charge is 0.484 e. The van der Waals surface area contributed by atoms with Crippen LogP contribution in [0.3, 0.4) is 0 Å². The molecule has 0 unspecified atom stereocenters. The summed E-state index contributed by atoms with van der Waals surface area (Å²) in [5.41, 5.74) is 0. The molecule has 0 fully saturated rings. The molecule has 1 aromatic heterocycles. The Balaban J connectivity index is 2.20. The van der Waals surface area contributed by atoms with E-state index >= 15 is 0 Å². The molecule has 0 atom stereocenters. The Hall–Kier alpha value is -1.12. The summed E-state index contributed by atoms with van der Waals surface area (Å²) in [5, 5.41) is 3.76. The highest BCUT2D eigenvalue weighted by molar-refractivity contribution is 9.10. The molecule has 0 saturated carbocycles. The second-order valence-electron chi connectivity index (χ2n) is 4.52. The molecule has 114 valence electrons. The number of aromatic nitrogens is 2. The third-order valence-electron chi connectivity index (χ3n) is 2.50. The Morgan fingerprint density at radius 2 is 2.14 bits per heavy atom. The van der Waals surface area contributed by atoms with Gasteiger partial charge in [0.2, 0.25) is 11.7 Å². The molecule has 21 heavy (non-hydrogen) atoms. The second kappa shape index (κ2) is 6.33. The molecular formula is C12H12BrClN2O4S. The number of hydrogen-bond acceptors (Lipinski definition) is 6. The molecule has 0 amide bonds. The van der Waals surface area contributed by atoms with Crippen molar-refractivity contribution in [1.82, 2.24) is 10.1 Å². The summed E-state index contributed by atoms with van der Waals surface area (Å²) in [6, 6.07) is 4.52. The van der Waals surface area contributed by atoms with Gasteiger partial charge in [-0.1, -0.05) is 34.9 Å². The lowest BCUT2D eigenvalue weighted by Gasteiger charge is -2.08. The van der Waals surface area contributed by atoms with Gasteiger partial charge < -0.3 is 9.26 Å². The predicted octanol–water partition coefficient (Wildman–Crippen LogP) is 3.46. The van der Waals surface area contributed by atoms with Gasteiger partial charge in [0, 0.05) is 21.1 Å². The number of nitrogens with zero attached hydrogens (tertiary/aromatic N) is 2. The third kappa shape index (κ3) is 4.18. The summed E-state index contributed by atoms with van der Waals surface area (Å²) in [5.74, 6) is 1.07. The average Bonchev–Trinajstić information content (AvgIpc) is 2.85. The first-order chi connectivity index (χ1) is 9.77. The molecule has 0 N–H and O–H groups in total. The number of halogens is 2. The lowest BCUT2D eigenvalue weighted by Crippen LogP contribution is -2.02. The molecule has 0 bridgehead atoms. The van der Waals surface area contributed by atoms with Crippen molar-refractivity contribution < 1.29 is 17.7 Å². The van der Waals surface area contributed by atoms with Crippen molar-refractivity contribution in [1.29, 1.82) is 0 Å². The van der Waals surface area contributed by atoms with Gasteiger partial charge in [0.05, 0.1) is 0 Å². The molecule has 2 rings (SSSR count). The summed E-state index contributed by atoms with van der Waals surface area (Å²) < 4.78 is 34.1. The molecule has 0 radical (unpaired) electrons. The molecule has 6 nitrogen and oxygen atoms in total. The van der Waals surface area contributed by atoms with Crippen LogP contribution in [0.2, 0.25) is 0 Å². The smallest absolute Gasteiger partial charge is 0.265 e. The zero-order chi connectivity index (χ0) is 15.6. The zero-order valence-corrected chi connectivity index (χ0v) is 14.4. The zero-order valence-electron chi connectivity index (χ0n) is 11.2. The first kappa shape index (κ1) is 16.3. The van der Waals surface area contributed by atoms with Crippen LogP contribution in [-0.4, -0.2) is 18.6 Å². The molecule has 9 heteroatoms. The summed E-state index contributed by atoms with van der Waals surface area (Å²) >= 11 is 3.19. The van der Waals surface area contributed by atoms with Crippen molar-refractivity contribution in [2.45, 2.75) is 31.3 Å². The number of ether oxygens (including phenoxy) is 1. The van der Waals surface area contributed by atoms with Gasteiger partial charge in [-0.25, -0.2) is 8.42 Å². The summed E-state index contributed by atoms with van der Waals surface area (Å²) in [6.45, 7) is 3.83. The van der Waals surface area contributed by atoms with E-state index in [0.717, 1.165) is 0 Å². The maximum Gasteiger partial charge on any atom is 0.265 e. The Morgan fingerprint density at radius 1 is 1.43 bits per heavy atom. The van der Waals surface area contributed by atoms with Crippen LogP contribution in [0.25, 0.3) is 0 Å². The highest BCUT2D eigenvalue weighted by atomic mass is 79.9. The normalized spacial score (nSPS) is 11.9. The van der Waals surface area contributed by atoms with E-state index in [-0.39, 0.29) is 23.2 Å². The van der Waals surface area contributed by atoms with Crippen molar-refractivity contribution in [3.05, 3.63) is 34.4 Å². The van der Waals surface area contributed by atoms with Gasteiger partial charge in [-0.15, -0.1) is 0 Å². The van der Waals surface area contributed by atoms with Crippen LogP contribution >= 0.6 is 26.6 Å². The maximum atomic E-state index is 11.5. The van der Waals surface area contributed by atoms with Crippen molar-refractivity contribution in [3.63, 3.8) is 0 Å². The SMILES string of the molecule is CC(C)c1nc(COc2ccc(Br)cc2S(=O)(=O)Cl)no1. The highest BCUT2D eigenvalue weighted by Crippen LogP contribution is 2.30. The Morgan fingerprint density at radius 3 is 2.71 bits per heavy atom. The summed E-state index contributed by atoms with van der Waals surface area (Å²) in [6.07, 6.45) is 0. The van der Waals surface area contributed by atoms with E-state index in [0.29, 0.717) is 16.2 Å². The summed E-state index contributed by atoms with van der Waals surface area (Å²) in [7, 11) is 1.47. The van der Waals surface area contributed by atoms with Crippen molar-refractivity contribution in [2.24, 2.45) is 0 Å². The standard InChI is InChI=1S/C12H12BrClN2O4S/c1-7(2)12-15-11(16-20-12)6-19-9-4-3-8(13)5-10(9)21(14,17)18/h3-5,7H,6H2,1-2H3. The fraction of sp³-hybridized carbons (Fsp3) is 0.333. The minimum Gasteiger partial charge on any atom is -0.484 e. The third-order valence-corrected chi connectivity index (χ3v) is 4.34. The van der Waals surface area contributed by atoms with Crippen molar-refractivity contribution in [2.75, 3.05) is 0 Å². The van der Waals surface area contributed by atoms with E-state index < -0.39 is 9.05 Å². The van der Waals surface area contributed by atoms with Crippen LogP contribution in [-0.2, 0) is 15.7 Å². The van der Waals surface area contributed by atoms with E-state index in [1.165, 1.54) is 12.1 Å². The number of hydrogen-bond donors (Lipinski definition) is 0.